The fourth-order valence-electron chi connectivity index (χ4n) is 8.03. The molecule has 3 heterocycles. The van der Waals surface area contributed by atoms with Gasteiger partial charge in [-0.05, 0) is 100 Å². The van der Waals surface area contributed by atoms with E-state index in [1.165, 1.54) is 0 Å². The third-order valence-electron chi connectivity index (χ3n) is 11.1. The Kier molecular flexibility index (Phi) is 8.75. The fourth-order valence-corrected chi connectivity index (χ4v) is 8.03. The SMILES string of the molecule is C1=Cc2cc(-c3cccc(-c4ccc5c(c4)C=Cc4ccccc4N5c4ccc(-c5nc(-c6ccccc6)nc(-c6ccccc6)n5)cc4)c3)ccc2Oc2ccccc21. The number of hydrogen-bond donors (Lipinski definition) is 0. The van der Waals surface area contributed by atoms with E-state index in [0.717, 1.165) is 89.8 Å². The van der Waals surface area contributed by atoms with Crippen LogP contribution in [0.4, 0.5) is 17.1 Å². The summed E-state index contributed by atoms with van der Waals surface area (Å²) in [4.78, 5) is 17.2. The molecule has 0 N–H and O–H groups in total. The number of nitrogens with zero attached hydrogens (tertiary/aromatic N) is 4. The summed E-state index contributed by atoms with van der Waals surface area (Å²) in [5.41, 5.74) is 15.0. The van der Waals surface area contributed by atoms with Gasteiger partial charge in [-0.15, -0.1) is 0 Å². The molecule has 5 heteroatoms. The van der Waals surface area contributed by atoms with Gasteiger partial charge in [0.2, 0.25) is 0 Å². The molecule has 1 aromatic heterocycles. The van der Waals surface area contributed by atoms with Crippen LogP contribution in [0.15, 0.2) is 194 Å². The molecule has 9 aromatic rings. The van der Waals surface area contributed by atoms with E-state index in [0.29, 0.717) is 17.5 Å². The minimum absolute atomic E-state index is 0.626. The smallest absolute Gasteiger partial charge is 0.164 e. The van der Waals surface area contributed by atoms with Gasteiger partial charge in [0.15, 0.2) is 17.5 Å². The third kappa shape index (κ3) is 6.64. The second-order valence-corrected chi connectivity index (χ2v) is 14.9. The van der Waals surface area contributed by atoms with E-state index in [4.69, 9.17) is 19.7 Å². The topological polar surface area (TPSA) is 51.1 Å². The minimum atomic E-state index is 0.626. The summed E-state index contributed by atoms with van der Waals surface area (Å²) in [5, 5.41) is 0. The molecule has 0 aliphatic carbocycles. The summed E-state index contributed by atoms with van der Waals surface area (Å²) >= 11 is 0. The maximum Gasteiger partial charge on any atom is 0.164 e. The van der Waals surface area contributed by atoms with Gasteiger partial charge in [-0.2, -0.15) is 0 Å². The maximum atomic E-state index is 6.30. The van der Waals surface area contributed by atoms with E-state index in [-0.39, 0.29) is 0 Å². The molecule has 0 saturated heterocycles. The normalized spacial score (nSPS) is 12.3. The van der Waals surface area contributed by atoms with Crippen molar-refractivity contribution in [3.05, 3.63) is 216 Å². The number of hydrogen-bond acceptors (Lipinski definition) is 5. The van der Waals surface area contributed by atoms with Gasteiger partial charge < -0.3 is 9.64 Å². The number of fused-ring (bicyclic) bond motifs is 4. The van der Waals surface area contributed by atoms with Crippen molar-refractivity contribution in [1.29, 1.82) is 0 Å². The molecule has 0 radical (unpaired) electrons. The van der Waals surface area contributed by atoms with Crippen LogP contribution < -0.4 is 9.64 Å². The number of rotatable bonds is 6. The molecule has 2 aliphatic rings. The highest BCUT2D eigenvalue weighted by atomic mass is 16.5. The van der Waals surface area contributed by atoms with Crippen molar-refractivity contribution in [2.45, 2.75) is 0 Å². The lowest BCUT2D eigenvalue weighted by molar-refractivity contribution is 0.481. The lowest BCUT2D eigenvalue weighted by Gasteiger charge is -2.27. The molecule has 0 atom stereocenters. The molecule has 8 aromatic carbocycles. The van der Waals surface area contributed by atoms with E-state index >= 15 is 0 Å². The standard InChI is InChI=1S/C55H36N4O/c1-3-14-39(15-4-1)53-56-54(40-16-5-2-6-17-40)58-55(57-53)41-26-30-48(31-27-41)59-49-20-9-7-12-37(49)22-24-46-35-44(28-32-50(46)59)42-18-11-19-43(34-42)45-29-33-52-47(36-45)25-23-38-13-8-10-21-51(38)60-52/h1-36H. The molecule has 60 heavy (non-hydrogen) atoms. The van der Waals surface area contributed by atoms with Crippen LogP contribution in [0.3, 0.4) is 0 Å². The average molecular weight is 769 g/mol. The first-order valence-electron chi connectivity index (χ1n) is 20.1. The number of ether oxygens (including phenoxy) is 1. The highest BCUT2D eigenvalue weighted by molar-refractivity contribution is 5.95. The molecule has 282 valence electrons. The molecular formula is C55H36N4O. The quantitative estimate of drug-likeness (QED) is 0.169. The molecule has 0 unspecified atom stereocenters. The molecule has 0 spiro atoms. The van der Waals surface area contributed by atoms with E-state index in [9.17, 15) is 0 Å². The molecule has 11 rings (SSSR count). The van der Waals surface area contributed by atoms with Gasteiger partial charge in [-0.25, -0.2) is 15.0 Å². The van der Waals surface area contributed by atoms with Gasteiger partial charge in [-0.3, -0.25) is 0 Å². The molecular weight excluding hydrogens is 733 g/mol. The Hall–Kier alpha value is -8.15. The predicted octanol–water partition coefficient (Wildman–Crippen LogP) is 14.4. The second-order valence-electron chi connectivity index (χ2n) is 14.9. The third-order valence-corrected chi connectivity index (χ3v) is 11.1. The second kappa shape index (κ2) is 15.0. The molecule has 2 aliphatic heterocycles. The Labute approximate surface area is 348 Å². The van der Waals surface area contributed by atoms with Crippen molar-refractivity contribution in [1.82, 2.24) is 15.0 Å². The fraction of sp³-hybridized carbons (Fsp3) is 0. The number of anilines is 3. The molecule has 0 fully saturated rings. The molecule has 0 amide bonds. The van der Waals surface area contributed by atoms with E-state index < -0.39 is 0 Å². The summed E-state index contributed by atoms with van der Waals surface area (Å²) in [7, 11) is 0. The van der Waals surface area contributed by atoms with Crippen LogP contribution in [-0.2, 0) is 0 Å². The first kappa shape index (κ1) is 35.0. The van der Waals surface area contributed by atoms with Crippen LogP contribution in [0.5, 0.6) is 11.5 Å². The Morgan fingerprint density at radius 1 is 0.300 bits per heavy atom. The van der Waals surface area contributed by atoms with Crippen molar-refractivity contribution in [2.75, 3.05) is 4.90 Å². The first-order chi connectivity index (χ1) is 29.7. The lowest BCUT2D eigenvalue weighted by atomic mass is 9.96. The zero-order valence-corrected chi connectivity index (χ0v) is 32.5. The van der Waals surface area contributed by atoms with E-state index in [2.05, 4.69) is 144 Å². The average Bonchev–Trinajstić information content (AvgIpc) is 3.62. The number of para-hydroxylation sites is 2. The first-order valence-corrected chi connectivity index (χ1v) is 20.1. The summed E-state index contributed by atoms with van der Waals surface area (Å²) in [6.45, 7) is 0. The van der Waals surface area contributed by atoms with Crippen molar-refractivity contribution in [3.63, 3.8) is 0 Å². The van der Waals surface area contributed by atoms with Crippen molar-refractivity contribution >= 4 is 41.4 Å². The largest absolute Gasteiger partial charge is 0.456 e. The maximum absolute atomic E-state index is 6.30. The van der Waals surface area contributed by atoms with Gasteiger partial charge in [-0.1, -0.05) is 152 Å². The zero-order chi connectivity index (χ0) is 39.8. The van der Waals surface area contributed by atoms with Crippen molar-refractivity contribution in [2.24, 2.45) is 0 Å². The lowest BCUT2D eigenvalue weighted by Crippen LogP contribution is -2.11. The predicted molar refractivity (Wildman–Crippen MR) is 246 cm³/mol. The van der Waals surface area contributed by atoms with E-state index in [1.807, 2.05) is 78.9 Å². The Bertz CT molecular complexity index is 3060. The molecule has 0 bridgehead atoms. The van der Waals surface area contributed by atoms with Crippen LogP contribution in [-0.4, -0.2) is 15.0 Å². The van der Waals surface area contributed by atoms with Gasteiger partial charge >= 0.3 is 0 Å². The highest BCUT2D eigenvalue weighted by Gasteiger charge is 2.21. The molecule has 5 nitrogen and oxygen atoms in total. The highest BCUT2D eigenvalue weighted by Crippen LogP contribution is 2.44. The van der Waals surface area contributed by atoms with Crippen molar-refractivity contribution in [3.8, 4) is 67.9 Å². The zero-order valence-electron chi connectivity index (χ0n) is 32.5. The van der Waals surface area contributed by atoms with Crippen LogP contribution in [0.25, 0.3) is 80.7 Å². The van der Waals surface area contributed by atoms with Crippen molar-refractivity contribution < 1.29 is 4.74 Å². The van der Waals surface area contributed by atoms with Gasteiger partial charge in [0.25, 0.3) is 0 Å². The monoisotopic (exact) mass is 768 g/mol. The van der Waals surface area contributed by atoms with Gasteiger partial charge in [0, 0.05) is 33.5 Å². The van der Waals surface area contributed by atoms with E-state index in [1.54, 1.807) is 0 Å². The number of aromatic nitrogens is 3. The minimum Gasteiger partial charge on any atom is -0.456 e. The van der Waals surface area contributed by atoms with Crippen LogP contribution in [0.1, 0.15) is 22.3 Å². The Balaban J connectivity index is 0.939. The van der Waals surface area contributed by atoms with Crippen LogP contribution >= 0.6 is 0 Å². The van der Waals surface area contributed by atoms with Crippen LogP contribution in [0, 0.1) is 0 Å². The summed E-state index contributed by atoms with van der Waals surface area (Å²) in [6, 6.07) is 67.3. The Morgan fingerprint density at radius 2 is 0.750 bits per heavy atom. The Morgan fingerprint density at radius 3 is 1.45 bits per heavy atom. The van der Waals surface area contributed by atoms with Crippen LogP contribution in [0.2, 0.25) is 0 Å². The summed E-state index contributed by atoms with van der Waals surface area (Å²) in [5.74, 6) is 3.63. The van der Waals surface area contributed by atoms with Gasteiger partial charge in [0.1, 0.15) is 11.5 Å². The molecule has 0 saturated carbocycles. The summed E-state index contributed by atoms with van der Waals surface area (Å²) < 4.78 is 6.30. The summed E-state index contributed by atoms with van der Waals surface area (Å²) in [6.07, 6.45) is 8.71. The number of benzene rings is 8. The van der Waals surface area contributed by atoms with Gasteiger partial charge in [0.05, 0.1) is 11.4 Å².